The Balaban J connectivity index is 0.00000162. The summed E-state index contributed by atoms with van der Waals surface area (Å²) in [7, 11) is 0. The van der Waals surface area contributed by atoms with Gasteiger partial charge in [-0.1, -0.05) is 0 Å². The van der Waals surface area contributed by atoms with Crippen molar-refractivity contribution in [2.45, 2.75) is 12.5 Å². The summed E-state index contributed by atoms with van der Waals surface area (Å²) in [6.07, 6.45) is 0.733. The average Bonchev–Trinajstić information content (AvgIpc) is 2.78. The van der Waals surface area contributed by atoms with Crippen molar-refractivity contribution >= 4 is 18.3 Å². The first-order valence-corrected chi connectivity index (χ1v) is 5.24. The number of hydrogen-bond acceptors (Lipinski definition) is 2. The molecule has 0 saturated carbocycles. The van der Waals surface area contributed by atoms with Crippen LogP contribution < -0.4 is 10.6 Å². The molecule has 0 aromatic heterocycles. The Kier molecular flexibility index (Phi) is 4.98. The van der Waals surface area contributed by atoms with E-state index in [1.54, 1.807) is 0 Å². The Morgan fingerprint density at radius 3 is 2.61 bits per heavy atom. The minimum Gasteiger partial charge on any atom is -0.348 e. The largest absolute Gasteiger partial charge is 0.348 e. The lowest BCUT2D eigenvalue weighted by atomic mass is 10.1. The summed E-state index contributed by atoms with van der Waals surface area (Å²) in [5.41, 5.74) is -0.476. The van der Waals surface area contributed by atoms with Crippen LogP contribution in [0.3, 0.4) is 0 Å². The summed E-state index contributed by atoms with van der Waals surface area (Å²) in [5, 5.41) is 5.57. The van der Waals surface area contributed by atoms with Crippen molar-refractivity contribution in [3.8, 4) is 0 Å². The third-order valence-electron chi connectivity index (χ3n) is 2.68. The van der Waals surface area contributed by atoms with Gasteiger partial charge in [-0.15, -0.1) is 12.4 Å². The van der Waals surface area contributed by atoms with E-state index in [9.17, 15) is 18.0 Å². The SMILES string of the molecule is Cl.O=C(NC1CCNC1)c1ccc(F)c(F)c1F. The number of halogens is 4. The molecule has 1 aromatic carbocycles. The van der Waals surface area contributed by atoms with Crippen LogP contribution in [0.1, 0.15) is 16.8 Å². The van der Waals surface area contributed by atoms with Crippen LogP contribution in [-0.2, 0) is 0 Å². The van der Waals surface area contributed by atoms with E-state index in [2.05, 4.69) is 10.6 Å². The molecule has 0 radical (unpaired) electrons. The van der Waals surface area contributed by atoms with Gasteiger partial charge in [0, 0.05) is 12.6 Å². The van der Waals surface area contributed by atoms with E-state index in [1.165, 1.54) is 0 Å². The molecular formula is C11H12ClF3N2O. The van der Waals surface area contributed by atoms with Gasteiger partial charge in [0.25, 0.3) is 5.91 Å². The van der Waals surface area contributed by atoms with E-state index in [1.807, 2.05) is 0 Å². The molecule has 1 amide bonds. The zero-order valence-corrected chi connectivity index (χ0v) is 10.1. The quantitative estimate of drug-likeness (QED) is 0.808. The van der Waals surface area contributed by atoms with Crippen molar-refractivity contribution in [3.05, 3.63) is 35.1 Å². The Hall–Kier alpha value is -1.27. The van der Waals surface area contributed by atoms with Gasteiger partial charge < -0.3 is 10.6 Å². The third kappa shape index (κ3) is 2.94. The lowest BCUT2D eigenvalue weighted by Gasteiger charge is -2.11. The van der Waals surface area contributed by atoms with Gasteiger partial charge in [0.15, 0.2) is 17.5 Å². The summed E-state index contributed by atoms with van der Waals surface area (Å²) in [6.45, 7) is 1.36. The predicted molar refractivity (Wildman–Crippen MR) is 62.3 cm³/mol. The van der Waals surface area contributed by atoms with Crippen molar-refractivity contribution in [2.24, 2.45) is 0 Å². The zero-order chi connectivity index (χ0) is 12.4. The fraction of sp³-hybridized carbons (Fsp3) is 0.364. The van der Waals surface area contributed by atoms with Gasteiger partial charge in [-0.25, -0.2) is 13.2 Å². The highest BCUT2D eigenvalue weighted by molar-refractivity contribution is 5.94. The first kappa shape index (κ1) is 14.8. The first-order valence-electron chi connectivity index (χ1n) is 5.24. The first-order chi connectivity index (χ1) is 8.09. The van der Waals surface area contributed by atoms with E-state index in [4.69, 9.17) is 0 Å². The van der Waals surface area contributed by atoms with E-state index >= 15 is 0 Å². The van der Waals surface area contributed by atoms with Crippen LogP contribution in [-0.4, -0.2) is 25.0 Å². The van der Waals surface area contributed by atoms with Gasteiger partial charge in [-0.2, -0.15) is 0 Å². The van der Waals surface area contributed by atoms with Crippen LogP contribution in [0.15, 0.2) is 12.1 Å². The lowest BCUT2D eigenvalue weighted by molar-refractivity contribution is 0.0934. The van der Waals surface area contributed by atoms with Crippen molar-refractivity contribution in [2.75, 3.05) is 13.1 Å². The fourth-order valence-corrected chi connectivity index (χ4v) is 1.74. The normalized spacial score (nSPS) is 18.3. The molecule has 0 spiro atoms. The molecule has 7 heteroatoms. The molecule has 1 aliphatic heterocycles. The van der Waals surface area contributed by atoms with Crippen molar-refractivity contribution in [1.82, 2.24) is 10.6 Å². The highest BCUT2D eigenvalue weighted by Gasteiger charge is 2.22. The maximum Gasteiger partial charge on any atom is 0.254 e. The molecule has 1 heterocycles. The molecule has 1 aliphatic rings. The van der Waals surface area contributed by atoms with Crippen LogP contribution in [0.4, 0.5) is 13.2 Å². The summed E-state index contributed by atoms with van der Waals surface area (Å²) in [5.74, 6) is -5.10. The van der Waals surface area contributed by atoms with Gasteiger partial charge in [-0.05, 0) is 25.1 Å². The molecule has 100 valence electrons. The Labute approximate surface area is 108 Å². The van der Waals surface area contributed by atoms with Crippen molar-refractivity contribution < 1.29 is 18.0 Å². The molecular weight excluding hydrogens is 269 g/mol. The minimum atomic E-state index is -1.62. The van der Waals surface area contributed by atoms with E-state index < -0.39 is 28.9 Å². The number of nitrogens with one attached hydrogen (secondary N) is 2. The predicted octanol–water partition coefficient (Wildman–Crippen LogP) is 1.62. The van der Waals surface area contributed by atoms with E-state index in [0.29, 0.717) is 6.54 Å². The molecule has 0 aliphatic carbocycles. The maximum absolute atomic E-state index is 13.3. The second-order valence-corrected chi connectivity index (χ2v) is 3.89. The lowest BCUT2D eigenvalue weighted by Crippen LogP contribution is -2.36. The average molecular weight is 281 g/mol. The number of benzene rings is 1. The number of carbonyl (C=O) groups is 1. The van der Waals surface area contributed by atoms with Gasteiger partial charge in [0.1, 0.15) is 0 Å². The third-order valence-corrected chi connectivity index (χ3v) is 2.68. The van der Waals surface area contributed by atoms with E-state index in [-0.39, 0.29) is 18.4 Å². The smallest absolute Gasteiger partial charge is 0.254 e. The topological polar surface area (TPSA) is 41.1 Å². The number of rotatable bonds is 2. The molecule has 2 N–H and O–H groups in total. The number of carbonyl (C=O) groups excluding carboxylic acids is 1. The van der Waals surface area contributed by atoms with Crippen LogP contribution in [0.2, 0.25) is 0 Å². The maximum atomic E-state index is 13.3. The van der Waals surface area contributed by atoms with Gasteiger partial charge >= 0.3 is 0 Å². The Bertz CT molecular complexity index is 450. The van der Waals surface area contributed by atoms with Crippen molar-refractivity contribution in [1.29, 1.82) is 0 Å². The van der Waals surface area contributed by atoms with Crippen LogP contribution in [0.25, 0.3) is 0 Å². The number of hydrogen-bond donors (Lipinski definition) is 2. The van der Waals surface area contributed by atoms with Gasteiger partial charge in [0.2, 0.25) is 0 Å². The standard InChI is InChI=1S/C11H11F3N2O.ClH/c12-8-2-1-7(9(13)10(8)14)11(17)16-6-3-4-15-5-6;/h1-2,6,15H,3-5H2,(H,16,17);1H. The molecule has 1 unspecified atom stereocenters. The monoisotopic (exact) mass is 280 g/mol. The van der Waals surface area contributed by atoms with Crippen LogP contribution >= 0.6 is 12.4 Å². The molecule has 1 aromatic rings. The zero-order valence-electron chi connectivity index (χ0n) is 9.30. The molecule has 1 fully saturated rings. The van der Waals surface area contributed by atoms with Crippen molar-refractivity contribution in [3.63, 3.8) is 0 Å². The second-order valence-electron chi connectivity index (χ2n) is 3.89. The highest BCUT2D eigenvalue weighted by Crippen LogP contribution is 2.15. The van der Waals surface area contributed by atoms with E-state index in [0.717, 1.165) is 25.1 Å². The highest BCUT2D eigenvalue weighted by atomic mass is 35.5. The van der Waals surface area contributed by atoms with Crippen LogP contribution in [0.5, 0.6) is 0 Å². The molecule has 0 bridgehead atoms. The fourth-order valence-electron chi connectivity index (χ4n) is 1.74. The summed E-state index contributed by atoms with van der Waals surface area (Å²) in [4.78, 5) is 11.6. The molecule has 1 atom stereocenters. The Morgan fingerprint density at radius 2 is 2.00 bits per heavy atom. The molecule has 2 rings (SSSR count). The Morgan fingerprint density at radius 1 is 1.28 bits per heavy atom. The molecule has 1 saturated heterocycles. The molecule has 3 nitrogen and oxygen atoms in total. The second kappa shape index (κ2) is 6.06. The van der Waals surface area contributed by atoms with Crippen LogP contribution in [0, 0.1) is 17.5 Å². The molecule has 18 heavy (non-hydrogen) atoms. The van der Waals surface area contributed by atoms with Gasteiger partial charge in [0.05, 0.1) is 5.56 Å². The summed E-state index contributed by atoms with van der Waals surface area (Å²) < 4.78 is 38.9. The summed E-state index contributed by atoms with van der Waals surface area (Å²) >= 11 is 0. The number of amides is 1. The minimum absolute atomic E-state index is 0. The summed E-state index contributed by atoms with van der Waals surface area (Å²) in [6, 6.07) is 1.57. The van der Waals surface area contributed by atoms with Gasteiger partial charge in [-0.3, -0.25) is 4.79 Å².